The number of hydrogen-bond donors (Lipinski definition) is 1. The van der Waals surface area contributed by atoms with Crippen LogP contribution in [0.1, 0.15) is 39.2 Å². The minimum Gasteiger partial charge on any atom is -0.489 e. The van der Waals surface area contributed by atoms with E-state index in [0.717, 1.165) is 30.7 Å². The summed E-state index contributed by atoms with van der Waals surface area (Å²) in [7, 11) is 0. The van der Waals surface area contributed by atoms with Gasteiger partial charge in [0.2, 0.25) is 0 Å². The molecule has 0 aliphatic rings. The summed E-state index contributed by atoms with van der Waals surface area (Å²) in [5, 5.41) is 3.50. The second kappa shape index (κ2) is 8.76. The molecular weight excluding hydrogens is 234 g/mol. The molecule has 0 aliphatic carbocycles. The summed E-state index contributed by atoms with van der Waals surface area (Å²) in [6, 6.07) is 8.91. The van der Waals surface area contributed by atoms with Crippen molar-refractivity contribution in [3.05, 3.63) is 42.0 Å². The zero-order chi connectivity index (χ0) is 14.1. The lowest BCUT2D eigenvalue weighted by Crippen LogP contribution is -2.28. The number of rotatable bonds is 9. The quantitative estimate of drug-likeness (QED) is 0.679. The van der Waals surface area contributed by atoms with Gasteiger partial charge in [-0.2, -0.15) is 0 Å². The fourth-order valence-corrected chi connectivity index (χ4v) is 1.83. The molecule has 0 heterocycles. The predicted octanol–water partition coefficient (Wildman–Crippen LogP) is 3.96. The summed E-state index contributed by atoms with van der Waals surface area (Å²) in [4.78, 5) is 0. The van der Waals surface area contributed by atoms with Gasteiger partial charge >= 0.3 is 0 Å². The predicted molar refractivity (Wildman–Crippen MR) is 82.8 cm³/mol. The number of hydrogen-bond acceptors (Lipinski definition) is 2. The molecule has 0 bridgehead atoms. The van der Waals surface area contributed by atoms with Crippen molar-refractivity contribution in [2.75, 3.05) is 13.2 Å². The zero-order valence-electron chi connectivity index (χ0n) is 12.5. The molecule has 2 nitrogen and oxygen atoms in total. The molecule has 0 spiro atoms. The SMILES string of the molecule is C=C(CC)COc1ccc(CC(C)NCCC)cc1. The number of ether oxygens (including phenoxy) is 1. The summed E-state index contributed by atoms with van der Waals surface area (Å²) >= 11 is 0. The Bertz CT molecular complexity index is 369. The molecule has 0 amide bonds. The van der Waals surface area contributed by atoms with Crippen LogP contribution in [0.15, 0.2) is 36.4 Å². The monoisotopic (exact) mass is 261 g/mol. The van der Waals surface area contributed by atoms with Crippen LogP contribution >= 0.6 is 0 Å². The fourth-order valence-electron chi connectivity index (χ4n) is 1.83. The Labute approximate surface area is 117 Å². The summed E-state index contributed by atoms with van der Waals surface area (Å²) in [5.74, 6) is 0.924. The van der Waals surface area contributed by atoms with Gasteiger partial charge < -0.3 is 10.1 Å². The molecule has 106 valence electrons. The number of benzene rings is 1. The Hall–Kier alpha value is -1.28. The molecule has 19 heavy (non-hydrogen) atoms. The first-order valence-corrected chi connectivity index (χ1v) is 7.27. The van der Waals surface area contributed by atoms with E-state index in [1.807, 2.05) is 12.1 Å². The minimum absolute atomic E-state index is 0.520. The van der Waals surface area contributed by atoms with Gasteiger partial charge in [-0.15, -0.1) is 0 Å². The fraction of sp³-hybridized carbons (Fsp3) is 0.529. The van der Waals surface area contributed by atoms with Gasteiger partial charge in [0.05, 0.1) is 0 Å². The van der Waals surface area contributed by atoms with Gasteiger partial charge in [-0.3, -0.25) is 0 Å². The second-order valence-electron chi connectivity index (χ2n) is 5.10. The highest BCUT2D eigenvalue weighted by molar-refractivity contribution is 5.28. The lowest BCUT2D eigenvalue weighted by Gasteiger charge is -2.13. The first kappa shape index (κ1) is 15.8. The van der Waals surface area contributed by atoms with Gasteiger partial charge in [-0.05, 0) is 56.0 Å². The molecule has 0 fully saturated rings. The van der Waals surface area contributed by atoms with Crippen molar-refractivity contribution in [1.29, 1.82) is 0 Å². The molecule has 0 aliphatic heterocycles. The summed E-state index contributed by atoms with van der Waals surface area (Å²) in [6.45, 7) is 12.2. The normalized spacial score (nSPS) is 12.2. The van der Waals surface area contributed by atoms with Crippen LogP contribution in [0.25, 0.3) is 0 Å². The Balaban J connectivity index is 2.40. The van der Waals surface area contributed by atoms with Crippen LogP contribution in [0.5, 0.6) is 5.75 Å². The van der Waals surface area contributed by atoms with E-state index in [1.165, 1.54) is 12.0 Å². The third-order valence-electron chi connectivity index (χ3n) is 3.15. The van der Waals surface area contributed by atoms with Crippen LogP contribution in [0.3, 0.4) is 0 Å². The van der Waals surface area contributed by atoms with E-state index < -0.39 is 0 Å². The Morgan fingerprint density at radius 3 is 2.53 bits per heavy atom. The number of nitrogens with one attached hydrogen (secondary N) is 1. The Morgan fingerprint density at radius 2 is 1.95 bits per heavy atom. The maximum Gasteiger partial charge on any atom is 0.119 e. The molecule has 1 aromatic rings. The molecule has 0 radical (unpaired) electrons. The molecule has 1 aromatic carbocycles. The van der Waals surface area contributed by atoms with Crippen molar-refractivity contribution in [3.8, 4) is 5.75 Å². The van der Waals surface area contributed by atoms with Crippen molar-refractivity contribution in [1.82, 2.24) is 5.32 Å². The van der Waals surface area contributed by atoms with Gasteiger partial charge in [-0.25, -0.2) is 0 Å². The molecule has 1 rings (SSSR count). The van der Waals surface area contributed by atoms with E-state index in [9.17, 15) is 0 Å². The first-order valence-electron chi connectivity index (χ1n) is 7.27. The van der Waals surface area contributed by atoms with Crippen LogP contribution in [-0.4, -0.2) is 19.2 Å². The van der Waals surface area contributed by atoms with E-state index in [0.29, 0.717) is 12.6 Å². The second-order valence-corrected chi connectivity index (χ2v) is 5.10. The third-order valence-corrected chi connectivity index (χ3v) is 3.15. The van der Waals surface area contributed by atoms with Crippen LogP contribution in [0.2, 0.25) is 0 Å². The summed E-state index contributed by atoms with van der Waals surface area (Å²) in [5.41, 5.74) is 2.47. The average Bonchev–Trinajstić information content (AvgIpc) is 2.44. The average molecular weight is 261 g/mol. The van der Waals surface area contributed by atoms with E-state index in [2.05, 4.69) is 44.8 Å². The topological polar surface area (TPSA) is 21.3 Å². The van der Waals surface area contributed by atoms with Crippen molar-refractivity contribution >= 4 is 0 Å². The highest BCUT2D eigenvalue weighted by Crippen LogP contribution is 2.14. The maximum atomic E-state index is 5.67. The highest BCUT2D eigenvalue weighted by Gasteiger charge is 2.03. The maximum absolute atomic E-state index is 5.67. The molecule has 0 saturated heterocycles. The Kier molecular flexibility index (Phi) is 7.27. The van der Waals surface area contributed by atoms with Gasteiger partial charge in [-0.1, -0.05) is 32.6 Å². The van der Waals surface area contributed by atoms with E-state index in [1.54, 1.807) is 0 Å². The van der Waals surface area contributed by atoms with Crippen LogP contribution in [0.4, 0.5) is 0 Å². The van der Waals surface area contributed by atoms with Gasteiger partial charge in [0.1, 0.15) is 12.4 Å². The third kappa shape index (κ3) is 6.44. The summed E-state index contributed by atoms with van der Waals surface area (Å²) in [6.07, 6.45) is 3.21. The van der Waals surface area contributed by atoms with Crippen LogP contribution < -0.4 is 10.1 Å². The standard InChI is InChI=1S/C17H27NO/c1-5-11-18-15(4)12-16-7-9-17(10-8-16)19-13-14(3)6-2/h7-10,15,18H,3,5-6,11-13H2,1-2,4H3. The van der Waals surface area contributed by atoms with Gasteiger partial charge in [0.15, 0.2) is 0 Å². The van der Waals surface area contributed by atoms with E-state index >= 15 is 0 Å². The highest BCUT2D eigenvalue weighted by atomic mass is 16.5. The van der Waals surface area contributed by atoms with Crippen molar-refractivity contribution in [3.63, 3.8) is 0 Å². The van der Waals surface area contributed by atoms with Crippen molar-refractivity contribution in [2.24, 2.45) is 0 Å². The zero-order valence-corrected chi connectivity index (χ0v) is 12.5. The van der Waals surface area contributed by atoms with Crippen molar-refractivity contribution in [2.45, 2.75) is 46.1 Å². The first-order chi connectivity index (χ1) is 9.15. The minimum atomic E-state index is 0.520. The van der Waals surface area contributed by atoms with Crippen LogP contribution in [-0.2, 0) is 6.42 Å². The molecule has 2 heteroatoms. The van der Waals surface area contributed by atoms with Gasteiger partial charge in [0, 0.05) is 6.04 Å². The summed E-state index contributed by atoms with van der Waals surface area (Å²) < 4.78 is 5.67. The molecular formula is C17H27NO. The van der Waals surface area contributed by atoms with Gasteiger partial charge in [0.25, 0.3) is 0 Å². The lowest BCUT2D eigenvalue weighted by atomic mass is 10.1. The van der Waals surface area contributed by atoms with Crippen molar-refractivity contribution < 1.29 is 4.74 Å². The van der Waals surface area contributed by atoms with Crippen LogP contribution in [0, 0.1) is 0 Å². The molecule has 1 unspecified atom stereocenters. The largest absolute Gasteiger partial charge is 0.489 e. The Morgan fingerprint density at radius 1 is 1.26 bits per heavy atom. The molecule has 0 saturated carbocycles. The smallest absolute Gasteiger partial charge is 0.119 e. The van der Waals surface area contributed by atoms with E-state index in [-0.39, 0.29) is 0 Å². The van der Waals surface area contributed by atoms with E-state index in [4.69, 9.17) is 4.74 Å². The molecule has 0 aromatic heterocycles. The molecule has 1 atom stereocenters. The molecule has 1 N–H and O–H groups in total. The lowest BCUT2D eigenvalue weighted by molar-refractivity contribution is 0.349.